The normalized spacial score (nSPS) is 16.9. The first-order valence-corrected chi connectivity index (χ1v) is 10.3. The summed E-state index contributed by atoms with van der Waals surface area (Å²) in [5, 5.41) is 2.81. The van der Waals surface area contributed by atoms with E-state index in [1.165, 1.54) is 32.0 Å². The molecule has 25 heavy (non-hydrogen) atoms. The largest absolute Gasteiger partial charge is 0.355 e. The lowest BCUT2D eigenvalue weighted by molar-refractivity contribution is -0.121. The Kier molecular flexibility index (Phi) is 7.40. The molecule has 0 spiro atoms. The second kappa shape index (κ2) is 9.31. The maximum atomic E-state index is 12.4. The molecule has 1 aromatic rings. The van der Waals surface area contributed by atoms with E-state index in [-0.39, 0.29) is 17.3 Å². The van der Waals surface area contributed by atoms with Crippen LogP contribution in [0.1, 0.15) is 26.2 Å². The van der Waals surface area contributed by atoms with Crippen LogP contribution >= 0.6 is 0 Å². The second-order valence-corrected chi connectivity index (χ2v) is 8.85. The van der Waals surface area contributed by atoms with Crippen molar-refractivity contribution in [1.29, 1.82) is 0 Å². The molecule has 2 rings (SSSR count). The maximum absolute atomic E-state index is 12.4. The molecule has 1 aliphatic heterocycles. The van der Waals surface area contributed by atoms with Gasteiger partial charge in [-0.25, -0.2) is 8.42 Å². The topological polar surface area (TPSA) is 69.7 Å². The summed E-state index contributed by atoms with van der Waals surface area (Å²) in [6.07, 6.45) is 3.37. The highest BCUT2D eigenvalue weighted by molar-refractivity contribution is 7.89. The van der Waals surface area contributed by atoms with E-state index in [0.29, 0.717) is 6.54 Å². The average molecular weight is 368 g/mol. The van der Waals surface area contributed by atoms with Crippen LogP contribution in [0.4, 0.5) is 0 Å². The number of benzene rings is 1. The van der Waals surface area contributed by atoms with E-state index in [4.69, 9.17) is 0 Å². The zero-order chi connectivity index (χ0) is 18.3. The molecule has 0 aromatic heterocycles. The SMILES string of the molecule is CC1CCN(CCCNC(=O)CN(C)S(=O)(=O)c2ccccc2)CC1. The van der Waals surface area contributed by atoms with Gasteiger partial charge in [0.05, 0.1) is 11.4 Å². The molecule has 0 atom stereocenters. The molecule has 1 fully saturated rings. The summed E-state index contributed by atoms with van der Waals surface area (Å²) in [4.78, 5) is 14.6. The van der Waals surface area contributed by atoms with E-state index in [9.17, 15) is 13.2 Å². The molecule has 6 nitrogen and oxygen atoms in total. The Labute approximate surface area is 151 Å². The maximum Gasteiger partial charge on any atom is 0.243 e. The van der Waals surface area contributed by atoms with Crippen LogP contribution in [-0.2, 0) is 14.8 Å². The monoisotopic (exact) mass is 367 g/mol. The van der Waals surface area contributed by atoms with E-state index in [1.54, 1.807) is 18.2 Å². The molecule has 0 bridgehead atoms. The Morgan fingerprint density at radius 3 is 2.52 bits per heavy atom. The number of hydrogen-bond acceptors (Lipinski definition) is 4. The summed E-state index contributed by atoms with van der Waals surface area (Å²) in [6.45, 7) is 5.94. The van der Waals surface area contributed by atoms with Crippen molar-refractivity contribution in [2.75, 3.05) is 39.8 Å². The summed E-state index contributed by atoms with van der Waals surface area (Å²) in [5.41, 5.74) is 0. The highest BCUT2D eigenvalue weighted by atomic mass is 32.2. The molecular weight excluding hydrogens is 338 g/mol. The van der Waals surface area contributed by atoms with E-state index in [2.05, 4.69) is 17.1 Å². The van der Waals surface area contributed by atoms with Crippen LogP contribution in [-0.4, -0.2) is 63.3 Å². The van der Waals surface area contributed by atoms with Gasteiger partial charge in [-0.05, 0) is 56.9 Å². The molecule has 0 radical (unpaired) electrons. The zero-order valence-corrected chi connectivity index (χ0v) is 16.0. The number of sulfonamides is 1. The Morgan fingerprint density at radius 1 is 1.24 bits per heavy atom. The molecule has 0 unspecified atom stereocenters. The molecule has 1 aliphatic rings. The van der Waals surface area contributed by atoms with Crippen LogP contribution in [0.5, 0.6) is 0 Å². The van der Waals surface area contributed by atoms with E-state index in [0.717, 1.165) is 36.3 Å². The van der Waals surface area contributed by atoms with Crippen molar-refractivity contribution in [3.05, 3.63) is 30.3 Å². The summed E-state index contributed by atoms with van der Waals surface area (Å²) < 4.78 is 25.8. The van der Waals surface area contributed by atoms with Gasteiger partial charge in [0.1, 0.15) is 0 Å². The molecule has 140 valence electrons. The Balaban J connectivity index is 1.69. The third-order valence-electron chi connectivity index (χ3n) is 4.67. The summed E-state index contributed by atoms with van der Waals surface area (Å²) in [5.74, 6) is 0.548. The molecule has 1 saturated heterocycles. The number of rotatable bonds is 8. The molecule has 7 heteroatoms. The number of piperidine rings is 1. The van der Waals surface area contributed by atoms with Gasteiger partial charge in [-0.3, -0.25) is 4.79 Å². The minimum Gasteiger partial charge on any atom is -0.355 e. The summed E-state index contributed by atoms with van der Waals surface area (Å²) in [7, 11) is -2.20. The number of likely N-dealkylation sites (tertiary alicyclic amines) is 1. The average Bonchev–Trinajstić information content (AvgIpc) is 2.61. The van der Waals surface area contributed by atoms with Crippen molar-refractivity contribution < 1.29 is 13.2 Å². The van der Waals surface area contributed by atoms with Crippen molar-refractivity contribution in [1.82, 2.24) is 14.5 Å². The van der Waals surface area contributed by atoms with Crippen LogP contribution in [0.3, 0.4) is 0 Å². The van der Waals surface area contributed by atoms with Crippen molar-refractivity contribution in [3.8, 4) is 0 Å². The fourth-order valence-electron chi connectivity index (χ4n) is 2.93. The molecule has 0 saturated carbocycles. The van der Waals surface area contributed by atoms with Gasteiger partial charge in [-0.1, -0.05) is 25.1 Å². The van der Waals surface area contributed by atoms with Gasteiger partial charge in [0.25, 0.3) is 0 Å². The van der Waals surface area contributed by atoms with E-state index in [1.807, 2.05) is 0 Å². The number of hydrogen-bond donors (Lipinski definition) is 1. The van der Waals surface area contributed by atoms with Crippen molar-refractivity contribution in [2.24, 2.45) is 5.92 Å². The smallest absolute Gasteiger partial charge is 0.243 e. The quantitative estimate of drug-likeness (QED) is 0.708. The van der Waals surface area contributed by atoms with Gasteiger partial charge < -0.3 is 10.2 Å². The third-order valence-corrected chi connectivity index (χ3v) is 6.48. The van der Waals surface area contributed by atoms with Crippen LogP contribution in [0.15, 0.2) is 35.2 Å². The lowest BCUT2D eigenvalue weighted by atomic mass is 9.99. The Bertz CT molecular complexity index is 641. The molecule has 1 amide bonds. The van der Waals surface area contributed by atoms with Crippen molar-refractivity contribution >= 4 is 15.9 Å². The van der Waals surface area contributed by atoms with Gasteiger partial charge in [0.15, 0.2) is 0 Å². The highest BCUT2D eigenvalue weighted by Crippen LogP contribution is 2.15. The minimum absolute atomic E-state index is 0.168. The van der Waals surface area contributed by atoms with Crippen LogP contribution < -0.4 is 5.32 Å². The van der Waals surface area contributed by atoms with Crippen LogP contribution in [0.2, 0.25) is 0 Å². The number of amides is 1. The first-order valence-electron chi connectivity index (χ1n) is 8.90. The van der Waals surface area contributed by atoms with E-state index < -0.39 is 10.0 Å². The van der Waals surface area contributed by atoms with Crippen molar-refractivity contribution in [3.63, 3.8) is 0 Å². The standard InChI is InChI=1S/C18H29N3O3S/c1-16-9-13-21(14-10-16)12-6-11-19-18(22)15-20(2)25(23,24)17-7-4-3-5-8-17/h3-5,7-8,16H,6,9-15H2,1-2H3,(H,19,22). The van der Waals surface area contributed by atoms with Gasteiger partial charge in [0, 0.05) is 13.6 Å². The van der Waals surface area contributed by atoms with Crippen molar-refractivity contribution in [2.45, 2.75) is 31.1 Å². The van der Waals surface area contributed by atoms with Gasteiger partial charge in [-0.2, -0.15) is 4.31 Å². The first-order chi connectivity index (χ1) is 11.9. The summed E-state index contributed by atoms with van der Waals surface area (Å²) in [6, 6.07) is 8.16. The molecule has 1 aromatic carbocycles. The van der Waals surface area contributed by atoms with Crippen LogP contribution in [0.25, 0.3) is 0 Å². The molecular formula is C18H29N3O3S. The fourth-order valence-corrected chi connectivity index (χ4v) is 4.08. The fraction of sp³-hybridized carbons (Fsp3) is 0.611. The second-order valence-electron chi connectivity index (χ2n) is 6.80. The number of carbonyl (C=O) groups is 1. The molecule has 1 heterocycles. The van der Waals surface area contributed by atoms with Gasteiger partial charge >= 0.3 is 0 Å². The predicted octanol–water partition coefficient (Wildman–Crippen LogP) is 1.55. The lowest BCUT2D eigenvalue weighted by Gasteiger charge is -2.30. The molecule has 1 N–H and O–H groups in total. The Morgan fingerprint density at radius 2 is 1.88 bits per heavy atom. The minimum atomic E-state index is -3.62. The molecule has 0 aliphatic carbocycles. The highest BCUT2D eigenvalue weighted by Gasteiger charge is 2.22. The van der Waals surface area contributed by atoms with Gasteiger partial charge in [-0.15, -0.1) is 0 Å². The van der Waals surface area contributed by atoms with Crippen LogP contribution in [0, 0.1) is 5.92 Å². The van der Waals surface area contributed by atoms with Gasteiger partial charge in [0.2, 0.25) is 15.9 Å². The zero-order valence-electron chi connectivity index (χ0n) is 15.1. The third kappa shape index (κ3) is 6.09. The summed E-state index contributed by atoms with van der Waals surface area (Å²) >= 11 is 0. The van der Waals surface area contributed by atoms with E-state index >= 15 is 0 Å². The number of nitrogens with one attached hydrogen (secondary N) is 1. The Hall–Kier alpha value is -1.44. The lowest BCUT2D eigenvalue weighted by Crippen LogP contribution is -2.39. The number of carbonyl (C=O) groups excluding carboxylic acids is 1. The number of likely N-dealkylation sites (N-methyl/N-ethyl adjacent to an activating group) is 1. The number of nitrogens with zero attached hydrogens (tertiary/aromatic N) is 2. The predicted molar refractivity (Wildman–Crippen MR) is 98.7 cm³/mol. The first kappa shape index (κ1) is 19.9.